The average molecular weight is 310 g/mol. The van der Waals surface area contributed by atoms with Crippen LogP contribution < -0.4 is 0 Å². The Balaban J connectivity index is 1.64. The van der Waals surface area contributed by atoms with Gasteiger partial charge in [0.05, 0.1) is 18.0 Å². The normalized spacial score (nSPS) is 30.7. The average Bonchev–Trinajstić information content (AvgIpc) is 2.99. The number of ether oxygens (including phenoxy) is 1. The van der Waals surface area contributed by atoms with Gasteiger partial charge in [0.25, 0.3) is 6.47 Å². The molecular weight excluding hydrogens is 288 g/mol. The number of nitrogens with zero attached hydrogens (tertiary/aromatic N) is 2. The molecule has 5 rings (SSSR count). The Bertz CT molecular complexity index is 749. The molecular formula is C19H22N2O2. The van der Waals surface area contributed by atoms with Crippen molar-refractivity contribution in [2.75, 3.05) is 0 Å². The van der Waals surface area contributed by atoms with Gasteiger partial charge in [-0.05, 0) is 61.5 Å². The summed E-state index contributed by atoms with van der Waals surface area (Å²) in [6, 6.07) is 2.22. The van der Waals surface area contributed by atoms with E-state index in [1.54, 1.807) is 0 Å². The third kappa shape index (κ3) is 2.11. The molecule has 4 heteroatoms. The van der Waals surface area contributed by atoms with Crippen LogP contribution in [0.2, 0.25) is 0 Å². The van der Waals surface area contributed by atoms with Crippen LogP contribution in [0.5, 0.6) is 0 Å². The molecule has 3 aliphatic rings. The summed E-state index contributed by atoms with van der Waals surface area (Å²) >= 11 is 0. The van der Waals surface area contributed by atoms with Gasteiger partial charge in [0.2, 0.25) is 0 Å². The Morgan fingerprint density at radius 1 is 1.26 bits per heavy atom. The highest BCUT2D eigenvalue weighted by molar-refractivity contribution is 5.60. The molecule has 4 atom stereocenters. The van der Waals surface area contributed by atoms with Crippen LogP contribution in [0.3, 0.4) is 0 Å². The molecule has 0 aromatic carbocycles. The summed E-state index contributed by atoms with van der Waals surface area (Å²) < 4.78 is 7.80. The first kappa shape index (κ1) is 13.6. The summed E-state index contributed by atoms with van der Waals surface area (Å²) in [4.78, 5) is 15.6. The molecule has 4 unspecified atom stereocenters. The number of hydrogen-bond acceptors (Lipinski definition) is 3. The van der Waals surface area contributed by atoms with E-state index in [1.165, 1.54) is 49.7 Å². The van der Waals surface area contributed by atoms with Crippen LogP contribution in [0, 0.1) is 17.8 Å². The van der Waals surface area contributed by atoms with Gasteiger partial charge in [0.15, 0.2) is 0 Å². The molecule has 0 radical (unpaired) electrons. The van der Waals surface area contributed by atoms with E-state index in [0.29, 0.717) is 18.3 Å². The van der Waals surface area contributed by atoms with Crippen LogP contribution in [0.15, 0.2) is 24.8 Å². The van der Waals surface area contributed by atoms with Gasteiger partial charge in [0.1, 0.15) is 6.10 Å². The standard InChI is InChI=1S/C19H22N2O2/c22-11-23-19(16-8-12-1-2-14(16)7-12)18-15(13-3-4-13)5-6-21-10-20-9-17(18)21/h5-6,9-14,16,19H,1-4,7-8H2. The number of pyridine rings is 1. The first-order valence-electron chi connectivity index (χ1n) is 8.88. The second-order valence-corrected chi connectivity index (χ2v) is 7.64. The summed E-state index contributed by atoms with van der Waals surface area (Å²) in [5.74, 6) is 2.69. The van der Waals surface area contributed by atoms with Gasteiger partial charge in [-0.25, -0.2) is 4.98 Å². The maximum atomic E-state index is 11.3. The molecule has 3 fully saturated rings. The SMILES string of the molecule is O=COC(c1c(C2CC2)ccn2cncc12)C1CC2CCC1C2. The van der Waals surface area contributed by atoms with Crippen LogP contribution in [-0.4, -0.2) is 15.9 Å². The predicted octanol–water partition coefficient (Wildman–Crippen LogP) is 3.86. The lowest BCUT2D eigenvalue weighted by molar-refractivity contribution is -0.137. The maximum Gasteiger partial charge on any atom is 0.293 e. The molecule has 2 heterocycles. The zero-order valence-corrected chi connectivity index (χ0v) is 13.2. The molecule has 2 bridgehead atoms. The van der Waals surface area contributed by atoms with E-state index in [9.17, 15) is 4.79 Å². The predicted molar refractivity (Wildman–Crippen MR) is 86.0 cm³/mol. The van der Waals surface area contributed by atoms with Gasteiger partial charge >= 0.3 is 0 Å². The topological polar surface area (TPSA) is 43.6 Å². The van der Waals surface area contributed by atoms with Crippen molar-refractivity contribution in [1.82, 2.24) is 9.38 Å². The van der Waals surface area contributed by atoms with Gasteiger partial charge in [-0.2, -0.15) is 0 Å². The molecule has 120 valence electrons. The minimum Gasteiger partial charge on any atom is -0.459 e. The fraction of sp³-hybridized carbons (Fsp3) is 0.579. The van der Waals surface area contributed by atoms with Crippen molar-refractivity contribution >= 4 is 12.0 Å². The van der Waals surface area contributed by atoms with Crippen molar-refractivity contribution in [2.24, 2.45) is 17.8 Å². The largest absolute Gasteiger partial charge is 0.459 e. The number of rotatable bonds is 5. The molecule has 4 nitrogen and oxygen atoms in total. The van der Waals surface area contributed by atoms with Crippen molar-refractivity contribution in [2.45, 2.75) is 50.5 Å². The highest BCUT2D eigenvalue weighted by Gasteiger charge is 2.46. The molecule has 0 aliphatic heterocycles. The fourth-order valence-corrected chi connectivity index (χ4v) is 5.20. The van der Waals surface area contributed by atoms with Crippen molar-refractivity contribution in [1.29, 1.82) is 0 Å². The van der Waals surface area contributed by atoms with Gasteiger partial charge < -0.3 is 9.14 Å². The minimum absolute atomic E-state index is 0.0983. The molecule has 23 heavy (non-hydrogen) atoms. The first-order chi connectivity index (χ1) is 11.3. The lowest BCUT2D eigenvalue weighted by Gasteiger charge is -2.31. The molecule has 0 spiro atoms. The third-order valence-corrected chi connectivity index (χ3v) is 6.35. The maximum absolute atomic E-state index is 11.3. The van der Waals surface area contributed by atoms with Crippen LogP contribution in [-0.2, 0) is 9.53 Å². The van der Waals surface area contributed by atoms with Gasteiger partial charge in [-0.1, -0.05) is 6.42 Å². The number of carbonyl (C=O) groups is 1. The highest BCUT2D eigenvalue weighted by atomic mass is 16.5. The zero-order chi connectivity index (χ0) is 15.4. The Labute approximate surface area is 135 Å². The number of carbonyl (C=O) groups excluding carboxylic acids is 1. The van der Waals surface area contributed by atoms with Gasteiger partial charge in [0, 0.05) is 17.7 Å². The molecule has 3 aliphatic carbocycles. The minimum atomic E-state index is -0.0983. The highest BCUT2D eigenvalue weighted by Crippen LogP contribution is 2.55. The second kappa shape index (κ2) is 5.08. The fourth-order valence-electron chi connectivity index (χ4n) is 5.20. The van der Waals surface area contributed by atoms with E-state index in [4.69, 9.17) is 4.74 Å². The summed E-state index contributed by atoms with van der Waals surface area (Å²) in [7, 11) is 0. The van der Waals surface area contributed by atoms with Crippen molar-refractivity contribution in [3.63, 3.8) is 0 Å². The lowest BCUT2D eigenvalue weighted by Crippen LogP contribution is -2.23. The van der Waals surface area contributed by atoms with E-state index in [0.717, 1.165) is 17.4 Å². The molecule has 2 aromatic rings. The Hall–Kier alpha value is -1.84. The van der Waals surface area contributed by atoms with Gasteiger partial charge in [-0.15, -0.1) is 0 Å². The molecule has 2 aromatic heterocycles. The summed E-state index contributed by atoms with van der Waals surface area (Å²) in [5.41, 5.74) is 3.73. The van der Waals surface area contributed by atoms with E-state index in [1.807, 2.05) is 12.5 Å². The van der Waals surface area contributed by atoms with Crippen molar-refractivity contribution in [3.05, 3.63) is 35.9 Å². The van der Waals surface area contributed by atoms with Crippen molar-refractivity contribution in [3.8, 4) is 0 Å². The number of aromatic nitrogens is 2. The van der Waals surface area contributed by atoms with Crippen molar-refractivity contribution < 1.29 is 9.53 Å². The third-order valence-electron chi connectivity index (χ3n) is 6.35. The number of fused-ring (bicyclic) bond motifs is 3. The Kier molecular flexibility index (Phi) is 3.00. The molecule has 0 N–H and O–H groups in total. The van der Waals surface area contributed by atoms with E-state index in [2.05, 4.69) is 21.6 Å². The molecule has 0 saturated heterocycles. The monoisotopic (exact) mass is 310 g/mol. The summed E-state index contributed by atoms with van der Waals surface area (Å²) in [6.45, 7) is 0.660. The number of hydrogen-bond donors (Lipinski definition) is 0. The lowest BCUT2D eigenvalue weighted by atomic mass is 9.80. The Morgan fingerprint density at radius 3 is 2.87 bits per heavy atom. The second-order valence-electron chi connectivity index (χ2n) is 7.64. The van der Waals surface area contributed by atoms with Crippen LogP contribution >= 0.6 is 0 Å². The smallest absolute Gasteiger partial charge is 0.293 e. The van der Waals surface area contributed by atoms with Crippen LogP contribution in [0.4, 0.5) is 0 Å². The van der Waals surface area contributed by atoms with E-state index < -0.39 is 0 Å². The van der Waals surface area contributed by atoms with Crippen LogP contribution in [0.1, 0.15) is 61.7 Å². The molecule has 3 saturated carbocycles. The quantitative estimate of drug-likeness (QED) is 0.788. The zero-order valence-electron chi connectivity index (χ0n) is 13.2. The summed E-state index contributed by atoms with van der Waals surface area (Å²) in [5, 5.41) is 0. The van der Waals surface area contributed by atoms with E-state index in [-0.39, 0.29) is 6.10 Å². The van der Waals surface area contributed by atoms with Gasteiger partial charge in [-0.3, -0.25) is 4.79 Å². The van der Waals surface area contributed by atoms with E-state index >= 15 is 0 Å². The van der Waals surface area contributed by atoms with Crippen LogP contribution in [0.25, 0.3) is 5.52 Å². The first-order valence-corrected chi connectivity index (χ1v) is 8.88. The molecule has 0 amide bonds. The Morgan fingerprint density at radius 2 is 2.17 bits per heavy atom. The number of imidazole rings is 1. The summed E-state index contributed by atoms with van der Waals surface area (Å²) in [6.07, 6.45) is 13.5.